The zero-order valence-corrected chi connectivity index (χ0v) is 11.2. The summed E-state index contributed by atoms with van der Waals surface area (Å²) in [5.74, 6) is -2.91. The molecule has 0 saturated heterocycles. The van der Waals surface area contributed by atoms with Gasteiger partial charge in [0.25, 0.3) is 0 Å². The zero-order valence-electron chi connectivity index (χ0n) is 11.2. The molecule has 106 valence electrons. The second kappa shape index (κ2) is 5.40. The molecule has 0 aromatic rings. The summed E-state index contributed by atoms with van der Waals surface area (Å²) in [7, 11) is 0. The first-order valence-corrected chi connectivity index (χ1v) is 6.30. The lowest BCUT2D eigenvalue weighted by atomic mass is 9.72. The number of carbonyl (C=O) groups is 4. The Bertz CT molecular complexity index is 554. The molecule has 0 heterocycles. The maximum Gasteiger partial charge on any atom is 0.359 e. The summed E-state index contributed by atoms with van der Waals surface area (Å²) in [4.78, 5) is 54.7. The topological polar surface area (TPSA) is 86.7 Å². The maximum atomic E-state index is 11.9. The van der Waals surface area contributed by atoms with Crippen LogP contribution in [0.1, 0.15) is 26.7 Å². The van der Waals surface area contributed by atoms with Crippen molar-refractivity contribution in [3.05, 3.63) is 23.3 Å². The van der Waals surface area contributed by atoms with Gasteiger partial charge < -0.3 is 0 Å². The van der Waals surface area contributed by atoms with Crippen molar-refractivity contribution in [1.29, 1.82) is 0 Å². The van der Waals surface area contributed by atoms with Crippen molar-refractivity contribution in [3.63, 3.8) is 0 Å². The van der Waals surface area contributed by atoms with Gasteiger partial charge in [-0.3, -0.25) is 9.59 Å². The summed E-state index contributed by atoms with van der Waals surface area (Å²) in [6, 6.07) is 0. The zero-order chi connectivity index (χ0) is 14.9. The molecular formula is C14H14O6. The second-order valence-electron chi connectivity index (χ2n) is 4.87. The Hall–Kier alpha value is -2.24. The van der Waals surface area contributed by atoms with Gasteiger partial charge in [0.1, 0.15) is 0 Å². The van der Waals surface area contributed by atoms with Gasteiger partial charge in [-0.15, -0.1) is 0 Å². The first kappa shape index (κ1) is 14.2. The highest BCUT2D eigenvalue weighted by molar-refractivity contribution is 6.20. The number of hydrogen-bond acceptors (Lipinski definition) is 6. The van der Waals surface area contributed by atoms with Crippen molar-refractivity contribution in [1.82, 2.24) is 0 Å². The van der Waals surface area contributed by atoms with Crippen LogP contribution in [0.2, 0.25) is 0 Å². The minimum absolute atomic E-state index is 0.182. The van der Waals surface area contributed by atoms with Gasteiger partial charge in [0, 0.05) is 18.1 Å². The van der Waals surface area contributed by atoms with E-state index in [0.29, 0.717) is 24.0 Å². The lowest BCUT2D eigenvalue weighted by Gasteiger charge is -2.30. The van der Waals surface area contributed by atoms with E-state index in [1.54, 1.807) is 6.92 Å². The summed E-state index contributed by atoms with van der Waals surface area (Å²) >= 11 is 0. The number of allylic oxidation sites excluding steroid dienone is 4. The third-order valence-electron chi connectivity index (χ3n) is 3.58. The molecule has 0 fully saturated rings. The summed E-state index contributed by atoms with van der Waals surface area (Å²) in [5, 5.41) is 0. The molecule has 0 bridgehead atoms. The SMILES string of the molecule is CC(=O)OOC(=O)C1CCC2=C(C(=O)C=CC2=O)C1C. The van der Waals surface area contributed by atoms with E-state index >= 15 is 0 Å². The van der Waals surface area contributed by atoms with Crippen LogP contribution in [-0.4, -0.2) is 23.5 Å². The average molecular weight is 278 g/mol. The van der Waals surface area contributed by atoms with Crippen LogP contribution in [0, 0.1) is 11.8 Å². The maximum absolute atomic E-state index is 11.9. The van der Waals surface area contributed by atoms with Crippen molar-refractivity contribution < 1.29 is 29.0 Å². The van der Waals surface area contributed by atoms with Crippen LogP contribution in [0.25, 0.3) is 0 Å². The van der Waals surface area contributed by atoms with Gasteiger partial charge >= 0.3 is 11.9 Å². The number of hydrogen-bond donors (Lipinski definition) is 0. The van der Waals surface area contributed by atoms with E-state index in [2.05, 4.69) is 9.78 Å². The number of carbonyl (C=O) groups excluding carboxylic acids is 4. The number of ketones is 2. The molecule has 2 atom stereocenters. The molecule has 20 heavy (non-hydrogen) atoms. The Kier molecular flexibility index (Phi) is 3.83. The van der Waals surface area contributed by atoms with E-state index in [0.717, 1.165) is 6.92 Å². The first-order valence-electron chi connectivity index (χ1n) is 6.30. The molecule has 2 aliphatic rings. The highest BCUT2D eigenvalue weighted by Crippen LogP contribution is 2.38. The van der Waals surface area contributed by atoms with Crippen LogP contribution in [0.5, 0.6) is 0 Å². The molecule has 0 radical (unpaired) electrons. The minimum Gasteiger partial charge on any atom is -0.290 e. The van der Waals surface area contributed by atoms with Crippen molar-refractivity contribution in [2.75, 3.05) is 0 Å². The van der Waals surface area contributed by atoms with E-state index in [9.17, 15) is 19.2 Å². The fourth-order valence-corrected chi connectivity index (χ4v) is 2.61. The second-order valence-corrected chi connectivity index (χ2v) is 4.87. The average Bonchev–Trinajstić information content (AvgIpc) is 2.40. The van der Waals surface area contributed by atoms with Gasteiger partial charge in [0.15, 0.2) is 11.6 Å². The Labute approximate surface area is 115 Å². The molecule has 0 N–H and O–H groups in total. The first-order chi connectivity index (χ1) is 9.41. The predicted molar refractivity (Wildman–Crippen MR) is 65.9 cm³/mol. The van der Waals surface area contributed by atoms with E-state index in [-0.39, 0.29) is 11.6 Å². The van der Waals surface area contributed by atoms with Crippen LogP contribution in [-0.2, 0) is 29.0 Å². The van der Waals surface area contributed by atoms with Gasteiger partial charge in [-0.05, 0) is 30.9 Å². The molecule has 2 aliphatic carbocycles. The highest BCUT2D eigenvalue weighted by Gasteiger charge is 2.39. The van der Waals surface area contributed by atoms with Crippen LogP contribution >= 0.6 is 0 Å². The fourth-order valence-electron chi connectivity index (χ4n) is 2.61. The van der Waals surface area contributed by atoms with E-state index < -0.39 is 23.8 Å². The van der Waals surface area contributed by atoms with Gasteiger partial charge in [-0.25, -0.2) is 19.4 Å². The van der Waals surface area contributed by atoms with Crippen LogP contribution in [0.15, 0.2) is 23.3 Å². The highest BCUT2D eigenvalue weighted by atomic mass is 17.2. The molecular weight excluding hydrogens is 264 g/mol. The largest absolute Gasteiger partial charge is 0.359 e. The fraction of sp³-hybridized carbons (Fsp3) is 0.429. The monoisotopic (exact) mass is 278 g/mol. The van der Waals surface area contributed by atoms with E-state index in [1.807, 2.05) is 0 Å². The summed E-state index contributed by atoms with van der Waals surface area (Å²) in [5.41, 5.74) is 0.843. The molecule has 0 amide bonds. The third kappa shape index (κ3) is 2.54. The van der Waals surface area contributed by atoms with E-state index in [1.165, 1.54) is 12.2 Å². The normalized spacial score (nSPS) is 25.3. The molecule has 0 spiro atoms. The van der Waals surface area contributed by atoms with Crippen molar-refractivity contribution in [2.24, 2.45) is 11.8 Å². The van der Waals surface area contributed by atoms with Crippen molar-refractivity contribution >= 4 is 23.5 Å². The third-order valence-corrected chi connectivity index (χ3v) is 3.58. The summed E-state index contributed by atoms with van der Waals surface area (Å²) < 4.78 is 0. The Balaban J connectivity index is 2.18. The predicted octanol–water partition coefficient (Wildman–Crippen LogP) is 1.06. The van der Waals surface area contributed by atoms with E-state index in [4.69, 9.17) is 0 Å². The summed E-state index contributed by atoms with van der Waals surface area (Å²) in [6.45, 7) is 2.81. The molecule has 0 aromatic carbocycles. The smallest absolute Gasteiger partial charge is 0.290 e. The standard InChI is InChI=1S/C14H14O6/c1-7-9(14(18)20-19-8(2)15)3-4-10-11(16)5-6-12(17)13(7)10/h5-7,9H,3-4H2,1-2H3. The Morgan fingerprint density at radius 1 is 1.15 bits per heavy atom. The lowest BCUT2D eigenvalue weighted by Crippen LogP contribution is -2.34. The van der Waals surface area contributed by atoms with Crippen LogP contribution < -0.4 is 0 Å². The Morgan fingerprint density at radius 2 is 1.80 bits per heavy atom. The van der Waals surface area contributed by atoms with Crippen LogP contribution in [0.4, 0.5) is 0 Å². The lowest BCUT2D eigenvalue weighted by molar-refractivity contribution is -0.261. The molecule has 0 saturated carbocycles. The van der Waals surface area contributed by atoms with Gasteiger partial charge in [0.05, 0.1) is 5.92 Å². The Morgan fingerprint density at radius 3 is 2.45 bits per heavy atom. The van der Waals surface area contributed by atoms with Gasteiger partial charge in [-0.2, -0.15) is 0 Å². The molecule has 0 aliphatic heterocycles. The van der Waals surface area contributed by atoms with Gasteiger partial charge in [0.2, 0.25) is 0 Å². The molecule has 6 heteroatoms. The number of rotatable bonds is 1. The van der Waals surface area contributed by atoms with Gasteiger partial charge in [-0.1, -0.05) is 6.92 Å². The summed E-state index contributed by atoms with van der Waals surface area (Å²) in [6.07, 6.45) is 3.20. The molecule has 2 rings (SSSR count). The van der Waals surface area contributed by atoms with Crippen LogP contribution in [0.3, 0.4) is 0 Å². The minimum atomic E-state index is -0.728. The molecule has 2 unspecified atom stereocenters. The van der Waals surface area contributed by atoms with Crippen molar-refractivity contribution in [3.8, 4) is 0 Å². The molecule has 6 nitrogen and oxygen atoms in total. The van der Waals surface area contributed by atoms with Crippen molar-refractivity contribution in [2.45, 2.75) is 26.7 Å². The quantitative estimate of drug-likeness (QED) is 0.405. The molecule has 0 aromatic heterocycles.